The number of ketones is 1. The molecule has 1 rings (SSSR count). The van der Waals surface area contributed by atoms with Gasteiger partial charge in [0.25, 0.3) is 0 Å². The summed E-state index contributed by atoms with van der Waals surface area (Å²) in [6.07, 6.45) is 2.21. The van der Waals surface area contributed by atoms with Gasteiger partial charge in [-0.1, -0.05) is 5.57 Å². The molecule has 1 aliphatic heterocycles. The number of thioether (sulfide) groups is 1. The number of Topliss-reactive ketones (excluding diaryl/α,β-unsaturated/α-hetero) is 1. The van der Waals surface area contributed by atoms with Gasteiger partial charge in [-0.25, -0.2) is 0 Å². The van der Waals surface area contributed by atoms with Crippen molar-refractivity contribution in [2.24, 2.45) is 0 Å². The van der Waals surface area contributed by atoms with Crippen molar-refractivity contribution in [2.75, 3.05) is 18.1 Å². The van der Waals surface area contributed by atoms with Crippen LogP contribution in [-0.4, -0.2) is 29.9 Å². The molecule has 0 aromatic heterocycles. The maximum atomic E-state index is 11.5. The third kappa shape index (κ3) is 4.82. The van der Waals surface area contributed by atoms with E-state index in [2.05, 4.69) is 11.9 Å². The average molecular weight is 213 g/mol. The van der Waals surface area contributed by atoms with E-state index in [4.69, 9.17) is 0 Å². The molecule has 1 aliphatic rings. The van der Waals surface area contributed by atoms with Crippen LogP contribution in [0, 0.1) is 0 Å². The normalized spacial score (nSPS) is 21.9. The van der Waals surface area contributed by atoms with Crippen molar-refractivity contribution in [1.82, 2.24) is 5.32 Å². The Bertz CT molecular complexity index is 209. The molecule has 14 heavy (non-hydrogen) atoms. The van der Waals surface area contributed by atoms with E-state index in [1.807, 2.05) is 18.7 Å². The lowest BCUT2D eigenvalue weighted by molar-refractivity contribution is -0.119. The van der Waals surface area contributed by atoms with Gasteiger partial charge >= 0.3 is 0 Å². The van der Waals surface area contributed by atoms with E-state index in [0.29, 0.717) is 24.7 Å². The van der Waals surface area contributed by atoms with Crippen molar-refractivity contribution in [3.8, 4) is 0 Å². The fourth-order valence-corrected chi connectivity index (χ4v) is 2.43. The minimum atomic E-state index is 0.369. The molecule has 1 saturated heterocycles. The van der Waals surface area contributed by atoms with Crippen LogP contribution in [0.1, 0.15) is 26.2 Å². The fraction of sp³-hybridized carbons (Fsp3) is 0.727. The Morgan fingerprint density at radius 1 is 1.57 bits per heavy atom. The summed E-state index contributed by atoms with van der Waals surface area (Å²) in [6.45, 7) is 6.82. The van der Waals surface area contributed by atoms with Crippen LogP contribution in [0.4, 0.5) is 0 Å². The second-order valence-corrected chi connectivity index (χ2v) is 5.08. The number of carbonyl (C=O) groups excluding carboxylic acids is 1. The quantitative estimate of drug-likeness (QED) is 0.708. The van der Waals surface area contributed by atoms with E-state index < -0.39 is 0 Å². The Kier molecular flexibility index (Phi) is 5.26. The first-order valence-electron chi connectivity index (χ1n) is 5.15. The van der Waals surface area contributed by atoms with Crippen molar-refractivity contribution in [3.05, 3.63) is 12.2 Å². The van der Waals surface area contributed by atoms with Gasteiger partial charge in [0.1, 0.15) is 5.78 Å². The standard InChI is InChI=1S/C11H19NOS/c1-9(2)3-4-11(13)7-10-8-14-6-5-12-10/h10,12H,1,3-8H2,2H3. The van der Waals surface area contributed by atoms with Crippen molar-refractivity contribution < 1.29 is 4.79 Å². The van der Waals surface area contributed by atoms with E-state index in [-0.39, 0.29) is 0 Å². The summed E-state index contributed by atoms with van der Waals surface area (Å²) >= 11 is 1.94. The van der Waals surface area contributed by atoms with Crippen LogP contribution >= 0.6 is 11.8 Å². The van der Waals surface area contributed by atoms with Crippen LogP contribution in [0.25, 0.3) is 0 Å². The van der Waals surface area contributed by atoms with Gasteiger partial charge < -0.3 is 5.32 Å². The molecular formula is C11H19NOS. The summed E-state index contributed by atoms with van der Waals surface area (Å²) in [5.41, 5.74) is 1.10. The zero-order valence-corrected chi connectivity index (χ0v) is 9.66. The Labute approximate surface area is 90.5 Å². The highest BCUT2D eigenvalue weighted by molar-refractivity contribution is 7.99. The molecule has 0 radical (unpaired) electrons. The zero-order valence-electron chi connectivity index (χ0n) is 8.84. The first kappa shape index (κ1) is 11.8. The van der Waals surface area contributed by atoms with E-state index in [0.717, 1.165) is 24.3 Å². The van der Waals surface area contributed by atoms with Crippen molar-refractivity contribution in [2.45, 2.75) is 32.2 Å². The zero-order chi connectivity index (χ0) is 10.4. The highest BCUT2D eigenvalue weighted by atomic mass is 32.2. The molecule has 1 fully saturated rings. The highest BCUT2D eigenvalue weighted by Gasteiger charge is 2.16. The van der Waals surface area contributed by atoms with Crippen molar-refractivity contribution in [1.29, 1.82) is 0 Å². The first-order valence-corrected chi connectivity index (χ1v) is 6.31. The number of hydrogen-bond donors (Lipinski definition) is 1. The molecule has 1 atom stereocenters. The lowest BCUT2D eigenvalue weighted by atomic mass is 10.1. The molecule has 80 valence electrons. The molecule has 0 spiro atoms. The molecule has 1 unspecified atom stereocenters. The van der Waals surface area contributed by atoms with Gasteiger partial charge in [-0.3, -0.25) is 4.79 Å². The lowest BCUT2D eigenvalue weighted by Gasteiger charge is -2.22. The summed E-state index contributed by atoms with van der Waals surface area (Å²) in [4.78, 5) is 11.5. The number of carbonyl (C=O) groups is 1. The molecule has 0 aliphatic carbocycles. The molecule has 0 amide bonds. The van der Waals surface area contributed by atoms with Gasteiger partial charge in [0.05, 0.1) is 0 Å². The summed E-state index contributed by atoms with van der Waals surface area (Å²) in [5, 5.41) is 3.37. The van der Waals surface area contributed by atoms with Crippen LogP contribution in [0.2, 0.25) is 0 Å². The van der Waals surface area contributed by atoms with E-state index in [9.17, 15) is 4.79 Å². The van der Waals surface area contributed by atoms with Crippen molar-refractivity contribution >= 4 is 17.5 Å². The SMILES string of the molecule is C=C(C)CCC(=O)CC1CSCCN1. The van der Waals surface area contributed by atoms with Crippen LogP contribution < -0.4 is 5.32 Å². The van der Waals surface area contributed by atoms with Crippen LogP contribution in [0.3, 0.4) is 0 Å². The van der Waals surface area contributed by atoms with Gasteiger partial charge in [-0.2, -0.15) is 11.8 Å². The predicted octanol–water partition coefficient (Wildman–Crippen LogP) is 2.01. The average Bonchev–Trinajstić information content (AvgIpc) is 2.16. The first-order chi connectivity index (χ1) is 6.68. The second-order valence-electron chi connectivity index (χ2n) is 3.93. The number of allylic oxidation sites excluding steroid dienone is 1. The van der Waals surface area contributed by atoms with Gasteiger partial charge in [-0.15, -0.1) is 6.58 Å². The Balaban J connectivity index is 2.15. The Morgan fingerprint density at radius 2 is 2.36 bits per heavy atom. The third-order valence-electron chi connectivity index (χ3n) is 2.30. The van der Waals surface area contributed by atoms with Gasteiger partial charge in [0.15, 0.2) is 0 Å². The lowest BCUT2D eigenvalue weighted by Crippen LogP contribution is -2.38. The molecule has 0 aromatic rings. The van der Waals surface area contributed by atoms with Gasteiger partial charge in [-0.05, 0) is 13.3 Å². The minimum Gasteiger partial charge on any atom is -0.312 e. The molecule has 0 aromatic carbocycles. The van der Waals surface area contributed by atoms with Crippen LogP contribution in [0.5, 0.6) is 0 Å². The van der Waals surface area contributed by atoms with Crippen LogP contribution in [0.15, 0.2) is 12.2 Å². The van der Waals surface area contributed by atoms with E-state index in [1.165, 1.54) is 5.75 Å². The van der Waals surface area contributed by atoms with Crippen LogP contribution in [-0.2, 0) is 4.79 Å². The summed E-state index contributed by atoms with van der Waals surface area (Å²) in [7, 11) is 0. The summed E-state index contributed by atoms with van der Waals surface area (Å²) < 4.78 is 0. The molecule has 1 heterocycles. The number of hydrogen-bond acceptors (Lipinski definition) is 3. The smallest absolute Gasteiger partial charge is 0.134 e. The maximum absolute atomic E-state index is 11.5. The van der Waals surface area contributed by atoms with Crippen molar-refractivity contribution in [3.63, 3.8) is 0 Å². The summed E-state index contributed by atoms with van der Waals surface area (Å²) in [6, 6.07) is 0.409. The Hall–Kier alpha value is -0.280. The monoisotopic (exact) mass is 213 g/mol. The number of rotatable bonds is 5. The molecule has 2 nitrogen and oxygen atoms in total. The molecule has 1 N–H and O–H groups in total. The second kappa shape index (κ2) is 6.25. The molecule has 3 heteroatoms. The van der Waals surface area contributed by atoms with Gasteiger partial charge in [0.2, 0.25) is 0 Å². The predicted molar refractivity (Wildman–Crippen MR) is 62.8 cm³/mol. The Morgan fingerprint density at radius 3 is 2.93 bits per heavy atom. The largest absolute Gasteiger partial charge is 0.312 e. The third-order valence-corrected chi connectivity index (χ3v) is 3.43. The van der Waals surface area contributed by atoms with E-state index in [1.54, 1.807) is 0 Å². The van der Waals surface area contributed by atoms with E-state index >= 15 is 0 Å². The molecule has 0 bridgehead atoms. The number of nitrogens with one attached hydrogen (secondary N) is 1. The highest BCUT2D eigenvalue weighted by Crippen LogP contribution is 2.12. The molecule has 0 saturated carbocycles. The minimum absolute atomic E-state index is 0.369. The molecular weight excluding hydrogens is 194 g/mol. The van der Waals surface area contributed by atoms with Gasteiger partial charge in [0, 0.05) is 36.9 Å². The maximum Gasteiger partial charge on any atom is 0.134 e. The summed E-state index contributed by atoms with van der Waals surface area (Å²) in [5.74, 6) is 2.63. The topological polar surface area (TPSA) is 29.1 Å². The fourth-order valence-electron chi connectivity index (χ4n) is 1.48.